The number of hydrogen-bond donors (Lipinski definition) is 1. The van der Waals surface area contributed by atoms with Gasteiger partial charge in [0.05, 0.1) is 25.2 Å². The molecular formula is C30H38N2O6. The number of cyclic esters (lactones) is 1. The van der Waals surface area contributed by atoms with E-state index in [0.29, 0.717) is 19.4 Å². The number of aliphatic hydroxyl groups excluding tert-OH is 1. The molecule has 4 heterocycles. The van der Waals surface area contributed by atoms with Gasteiger partial charge in [-0.05, 0) is 31.7 Å². The van der Waals surface area contributed by atoms with Gasteiger partial charge in [0.2, 0.25) is 11.8 Å². The van der Waals surface area contributed by atoms with Crippen LogP contribution in [0.5, 0.6) is 0 Å². The largest absolute Gasteiger partial charge is 0.465 e. The van der Waals surface area contributed by atoms with Gasteiger partial charge in [0.15, 0.2) is 0 Å². The van der Waals surface area contributed by atoms with E-state index in [0.717, 1.165) is 18.4 Å². The Morgan fingerprint density at radius 1 is 1.05 bits per heavy atom. The molecule has 7 atom stereocenters. The Balaban J connectivity index is 1.71. The van der Waals surface area contributed by atoms with E-state index in [9.17, 15) is 19.5 Å². The molecule has 4 aliphatic heterocycles. The number of amides is 2. The molecule has 2 unspecified atom stereocenters. The number of aliphatic hydroxyl groups is 1. The molecule has 38 heavy (non-hydrogen) atoms. The summed E-state index contributed by atoms with van der Waals surface area (Å²) in [6.45, 7) is 6.27. The fourth-order valence-electron chi connectivity index (χ4n) is 7.02. The van der Waals surface area contributed by atoms with E-state index in [-0.39, 0.29) is 31.1 Å². The van der Waals surface area contributed by atoms with Gasteiger partial charge in [-0.15, -0.1) is 0 Å². The van der Waals surface area contributed by atoms with Gasteiger partial charge in [-0.25, -0.2) is 0 Å². The number of rotatable bonds is 7. The van der Waals surface area contributed by atoms with E-state index in [2.05, 4.69) is 6.92 Å². The second-order valence-corrected chi connectivity index (χ2v) is 10.9. The minimum absolute atomic E-state index is 0.0484. The highest BCUT2D eigenvalue weighted by molar-refractivity contribution is 5.99. The molecule has 1 aromatic carbocycles. The number of nitrogens with zero attached hydrogens (tertiary/aromatic N) is 2. The van der Waals surface area contributed by atoms with Crippen molar-refractivity contribution in [2.75, 3.05) is 19.8 Å². The second kappa shape index (κ2) is 10.3. The molecule has 0 saturated carbocycles. The first kappa shape index (κ1) is 26.6. The van der Waals surface area contributed by atoms with Crippen LogP contribution in [0.3, 0.4) is 0 Å². The van der Waals surface area contributed by atoms with Crippen LogP contribution in [0.2, 0.25) is 0 Å². The molecule has 1 aromatic rings. The summed E-state index contributed by atoms with van der Waals surface area (Å²) < 4.78 is 12.5. The maximum Gasteiger partial charge on any atom is 0.313 e. The summed E-state index contributed by atoms with van der Waals surface area (Å²) in [6, 6.07) is 7.38. The summed E-state index contributed by atoms with van der Waals surface area (Å²) in [4.78, 5) is 45.9. The smallest absolute Gasteiger partial charge is 0.313 e. The Labute approximate surface area is 224 Å². The van der Waals surface area contributed by atoms with Crippen LogP contribution in [0, 0.1) is 11.8 Å². The summed E-state index contributed by atoms with van der Waals surface area (Å²) in [5.41, 5.74) is -1.72. The molecule has 0 bridgehead atoms. The van der Waals surface area contributed by atoms with Gasteiger partial charge in [0.1, 0.15) is 23.2 Å². The Bertz CT molecular complexity index is 1130. The third kappa shape index (κ3) is 3.92. The maximum atomic E-state index is 14.5. The van der Waals surface area contributed by atoms with E-state index < -0.39 is 41.1 Å². The third-order valence-electron chi connectivity index (χ3n) is 8.80. The highest BCUT2D eigenvalue weighted by atomic mass is 16.6. The van der Waals surface area contributed by atoms with Crippen LogP contribution in [0.4, 0.5) is 0 Å². The average Bonchev–Trinajstić information content (AvgIpc) is 3.26. The number of fused-ring (bicyclic) bond motifs is 2. The molecule has 2 amide bonds. The summed E-state index contributed by atoms with van der Waals surface area (Å²) in [5.74, 6) is -2.93. The van der Waals surface area contributed by atoms with Crippen molar-refractivity contribution in [1.82, 2.24) is 9.80 Å². The minimum Gasteiger partial charge on any atom is -0.465 e. The molecule has 0 radical (unpaired) electrons. The van der Waals surface area contributed by atoms with Gasteiger partial charge in [-0.1, -0.05) is 74.9 Å². The SMILES string of the molecule is CCCC(C)N1CC=C[C@]23O[C@@]4(CC)C=CCCOC(=O)[C@H]4[C@H]2C(=O)N([C@H](CO)c2ccccc2)C3C1=O. The highest BCUT2D eigenvalue weighted by Gasteiger charge is 2.76. The Hall–Kier alpha value is -2.97. The highest BCUT2D eigenvalue weighted by Crippen LogP contribution is 2.59. The Kier molecular flexibility index (Phi) is 7.22. The van der Waals surface area contributed by atoms with Crippen LogP contribution in [0.25, 0.3) is 0 Å². The van der Waals surface area contributed by atoms with E-state index in [4.69, 9.17) is 9.47 Å². The molecule has 1 spiro atoms. The van der Waals surface area contributed by atoms with E-state index >= 15 is 0 Å². The van der Waals surface area contributed by atoms with Crippen LogP contribution in [0.15, 0.2) is 54.6 Å². The quantitative estimate of drug-likeness (QED) is 0.437. The summed E-state index contributed by atoms with van der Waals surface area (Å²) >= 11 is 0. The van der Waals surface area contributed by atoms with Crippen LogP contribution in [0.1, 0.15) is 58.1 Å². The van der Waals surface area contributed by atoms with Crippen molar-refractivity contribution in [2.45, 2.75) is 75.8 Å². The number of esters is 1. The normalized spacial score (nSPS) is 34.1. The van der Waals surface area contributed by atoms with Gasteiger partial charge in [-0.2, -0.15) is 0 Å². The molecule has 2 fully saturated rings. The van der Waals surface area contributed by atoms with Crippen molar-refractivity contribution in [3.8, 4) is 0 Å². The topological polar surface area (TPSA) is 96.4 Å². The van der Waals surface area contributed by atoms with E-state index in [1.54, 1.807) is 4.90 Å². The number of likely N-dealkylation sites (tertiary alicyclic amines) is 1. The molecule has 8 nitrogen and oxygen atoms in total. The van der Waals surface area contributed by atoms with Crippen LogP contribution in [-0.4, -0.2) is 75.7 Å². The average molecular weight is 523 g/mol. The zero-order valence-corrected chi connectivity index (χ0v) is 22.4. The summed E-state index contributed by atoms with van der Waals surface area (Å²) in [7, 11) is 0. The number of ether oxygens (including phenoxy) is 2. The first-order valence-corrected chi connectivity index (χ1v) is 13.9. The third-order valence-corrected chi connectivity index (χ3v) is 8.80. The van der Waals surface area contributed by atoms with Crippen molar-refractivity contribution in [3.63, 3.8) is 0 Å². The fourth-order valence-corrected chi connectivity index (χ4v) is 7.02. The second-order valence-electron chi connectivity index (χ2n) is 10.9. The van der Waals surface area contributed by atoms with Crippen LogP contribution < -0.4 is 0 Å². The van der Waals surface area contributed by atoms with Gasteiger partial charge in [-0.3, -0.25) is 14.4 Å². The summed E-state index contributed by atoms with van der Waals surface area (Å²) in [6.07, 6.45) is 10.3. The molecule has 2 saturated heterocycles. The van der Waals surface area contributed by atoms with Crippen molar-refractivity contribution in [1.29, 1.82) is 0 Å². The monoisotopic (exact) mass is 522 g/mol. The maximum absolute atomic E-state index is 14.5. The molecule has 204 valence electrons. The van der Waals surface area contributed by atoms with Crippen LogP contribution >= 0.6 is 0 Å². The molecule has 4 aliphatic rings. The fraction of sp³-hybridized carbons (Fsp3) is 0.567. The van der Waals surface area contributed by atoms with Gasteiger partial charge in [0.25, 0.3) is 0 Å². The number of benzene rings is 1. The van der Waals surface area contributed by atoms with Gasteiger partial charge >= 0.3 is 5.97 Å². The van der Waals surface area contributed by atoms with Crippen LogP contribution in [-0.2, 0) is 23.9 Å². The molecule has 1 N–H and O–H groups in total. The van der Waals surface area contributed by atoms with E-state index in [1.807, 2.05) is 68.5 Å². The summed E-state index contributed by atoms with van der Waals surface area (Å²) in [5, 5.41) is 10.6. The van der Waals surface area contributed by atoms with E-state index in [1.165, 1.54) is 4.90 Å². The first-order chi connectivity index (χ1) is 18.3. The molecule has 8 heteroatoms. The van der Waals surface area contributed by atoms with Crippen molar-refractivity contribution in [3.05, 3.63) is 60.2 Å². The van der Waals surface area contributed by atoms with Gasteiger partial charge in [0, 0.05) is 12.6 Å². The Morgan fingerprint density at radius 2 is 1.82 bits per heavy atom. The lowest BCUT2D eigenvalue weighted by Crippen LogP contribution is -2.58. The molecule has 0 aliphatic carbocycles. The zero-order chi connectivity index (χ0) is 27.1. The molecular weight excluding hydrogens is 484 g/mol. The number of carbonyl (C=O) groups excluding carboxylic acids is 3. The number of hydrogen-bond acceptors (Lipinski definition) is 6. The lowest BCUT2D eigenvalue weighted by Gasteiger charge is -2.42. The minimum atomic E-state index is -1.37. The first-order valence-electron chi connectivity index (χ1n) is 13.9. The predicted octanol–water partition coefficient (Wildman–Crippen LogP) is 3.17. The standard InChI is InChI=1S/C30H38N2O6/c1-4-12-20(3)31-17-11-16-30-23(24-28(36)37-18-10-9-15-29(24,5-2)38-30)26(34)32(25(30)27(31)35)22(19-33)21-13-7-6-8-14-21/h6-9,11,13-16,20,22-25,33H,4-5,10,12,17-19H2,1-3H3/t20?,22-,23+,24-,25?,29+,30+/m1/s1. The van der Waals surface area contributed by atoms with Crippen molar-refractivity contribution < 1.29 is 29.0 Å². The van der Waals surface area contributed by atoms with Crippen molar-refractivity contribution in [2.24, 2.45) is 11.8 Å². The number of carbonyl (C=O) groups is 3. The zero-order valence-electron chi connectivity index (χ0n) is 22.4. The van der Waals surface area contributed by atoms with Gasteiger partial charge < -0.3 is 24.4 Å². The lowest BCUT2D eigenvalue weighted by molar-refractivity contribution is -0.164. The molecule has 0 aromatic heterocycles. The predicted molar refractivity (Wildman–Crippen MR) is 141 cm³/mol. The molecule has 5 rings (SSSR count). The van der Waals surface area contributed by atoms with Crippen molar-refractivity contribution >= 4 is 17.8 Å². The Morgan fingerprint density at radius 3 is 2.50 bits per heavy atom. The lowest BCUT2D eigenvalue weighted by atomic mass is 9.73.